The lowest BCUT2D eigenvalue weighted by Crippen LogP contribution is -2.09. The summed E-state index contributed by atoms with van der Waals surface area (Å²) in [5.41, 5.74) is 0.673. The fourth-order valence-corrected chi connectivity index (χ4v) is 2.02. The molecule has 0 bridgehead atoms. The van der Waals surface area contributed by atoms with E-state index in [0.717, 1.165) is 5.56 Å². The minimum Gasteiger partial charge on any atom is -0.489 e. The van der Waals surface area contributed by atoms with Gasteiger partial charge >= 0.3 is 0 Å². The Labute approximate surface area is 124 Å². The molecule has 2 aromatic rings. The highest BCUT2D eigenvalue weighted by Crippen LogP contribution is 2.30. The van der Waals surface area contributed by atoms with Crippen molar-refractivity contribution in [2.45, 2.75) is 6.10 Å². The Balaban J connectivity index is 2.07. The van der Waals surface area contributed by atoms with Crippen LogP contribution in [0.4, 0.5) is 5.69 Å². The molecule has 0 fully saturated rings. The predicted molar refractivity (Wildman–Crippen MR) is 77.7 cm³/mol. The Hall–Kier alpha value is -1.92. The van der Waals surface area contributed by atoms with Gasteiger partial charge in [-0.05, 0) is 27.6 Å². The summed E-state index contributed by atoms with van der Waals surface area (Å²) < 4.78 is 6.04. The van der Waals surface area contributed by atoms with Gasteiger partial charge in [-0.2, -0.15) is 0 Å². The van der Waals surface area contributed by atoms with E-state index >= 15 is 0 Å². The van der Waals surface area contributed by atoms with Gasteiger partial charge in [-0.25, -0.2) is 0 Å². The average Bonchev–Trinajstić information content (AvgIpc) is 2.46. The number of non-ortho nitro benzene ring substituents is 1. The highest BCUT2D eigenvalue weighted by Gasteiger charge is 2.13. The first-order valence-electron chi connectivity index (χ1n) is 5.87. The lowest BCUT2D eigenvalue weighted by Gasteiger charge is -2.13. The number of hydrogen-bond donors (Lipinski definition) is 1. The molecule has 0 aliphatic carbocycles. The normalized spacial score (nSPS) is 11.9. The maximum atomic E-state index is 10.7. The second-order valence-corrected chi connectivity index (χ2v) is 4.96. The van der Waals surface area contributed by atoms with Gasteiger partial charge in [0.05, 0.1) is 15.5 Å². The number of nitro groups is 1. The van der Waals surface area contributed by atoms with Crippen LogP contribution in [0.15, 0.2) is 53.0 Å². The van der Waals surface area contributed by atoms with Crippen molar-refractivity contribution in [1.82, 2.24) is 0 Å². The summed E-state index contributed by atoms with van der Waals surface area (Å²) in [6, 6.07) is 13.3. The summed E-state index contributed by atoms with van der Waals surface area (Å²) in [5.74, 6) is 0.328. The minimum atomic E-state index is -0.789. The molecular formula is C14H12BrNO4. The van der Waals surface area contributed by atoms with E-state index in [-0.39, 0.29) is 12.3 Å². The number of halogens is 1. The minimum absolute atomic E-state index is 0.0176. The van der Waals surface area contributed by atoms with Crippen LogP contribution in [-0.2, 0) is 0 Å². The highest BCUT2D eigenvalue weighted by molar-refractivity contribution is 9.10. The molecule has 6 heteroatoms. The number of ether oxygens (including phenoxy) is 1. The number of aliphatic hydroxyl groups is 1. The summed E-state index contributed by atoms with van der Waals surface area (Å²) >= 11 is 3.26. The second-order valence-electron chi connectivity index (χ2n) is 4.11. The van der Waals surface area contributed by atoms with E-state index in [1.807, 2.05) is 18.2 Å². The zero-order chi connectivity index (χ0) is 14.5. The molecule has 104 valence electrons. The molecule has 5 nitrogen and oxygen atoms in total. The zero-order valence-electron chi connectivity index (χ0n) is 10.4. The van der Waals surface area contributed by atoms with E-state index in [1.165, 1.54) is 12.1 Å². The van der Waals surface area contributed by atoms with Gasteiger partial charge in [0.2, 0.25) is 0 Å². The lowest BCUT2D eigenvalue weighted by atomic mass is 10.1. The first kappa shape index (κ1) is 14.5. The fourth-order valence-electron chi connectivity index (χ4n) is 1.66. The van der Waals surface area contributed by atoms with Crippen LogP contribution in [0.3, 0.4) is 0 Å². The van der Waals surface area contributed by atoms with Gasteiger partial charge in [0.25, 0.3) is 5.69 Å². The van der Waals surface area contributed by atoms with Gasteiger partial charge in [0, 0.05) is 6.07 Å². The molecule has 0 saturated heterocycles. The smallest absolute Gasteiger partial charge is 0.273 e. The van der Waals surface area contributed by atoms with Crippen molar-refractivity contribution in [2.24, 2.45) is 0 Å². The number of aliphatic hydroxyl groups excluding tert-OH is 1. The van der Waals surface area contributed by atoms with Gasteiger partial charge in [0.15, 0.2) is 0 Å². The number of benzene rings is 2. The topological polar surface area (TPSA) is 72.6 Å². The van der Waals surface area contributed by atoms with Crippen LogP contribution in [0, 0.1) is 10.1 Å². The molecular weight excluding hydrogens is 326 g/mol. The molecule has 0 aliphatic heterocycles. The average molecular weight is 338 g/mol. The third-order valence-corrected chi connectivity index (χ3v) is 3.36. The van der Waals surface area contributed by atoms with Crippen LogP contribution in [0.1, 0.15) is 11.7 Å². The Kier molecular flexibility index (Phi) is 4.70. The Morgan fingerprint density at radius 2 is 1.95 bits per heavy atom. The maximum absolute atomic E-state index is 10.7. The molecule has 1 unspecified atom stereocenters. The predicted octanol–water partition coefficient (Wildman–Crippen LogP) is 3.47. The first-order valence-corrected chi connectivity index (χ1v) is 6.67. The van der Waals surface area contributed by atoms with Gasteiger partial charge < -0.3 is 9.84 Å². The number of hydrogen-bond acceptors (Lipinski definition) is 4. The van der Waals surface area contributed by atoms with Crippen molar-refractivity contribution in [3.8, 4) is 5.75 Å². The molecule has 0 aliphatic rings. The van der Waals surface area contributed by atoms with E-state index in [2.05, 4.69) is 15.9 Å². The van der Waals surface area contributed by atoms with Crippen molar-refractivity contribution >= 4 is 21.6 Å². The van der Waals surface area contributed by atoms with E-state index in [4.69, 9.17) is 4.74 Å². The van der Waals surface area contributed by atoms with Crippen LogP contribution < -0.4 is 4.74 Å². The van der Waals surface area contributed by atoms with Gasteiger partial charge in [-0.1, -0.05) is 30.3 Å². The number of nitro benzene ring substituents is 1. The third-order valence-electron chi connectivity index (χ3n) is 2.71. The van der Waals surface area contributed by atoms with Crippen molar-refractivity contribution in [1.29, 1.82) is 0 Å². The summed E-state index contributed by atoms with van der Waals surface area (Å²) in [4.78, 5) is 10.2. The largest absolute Gasteiger partial charge is 0.489 e. The monoisotopic (exact) mass is 337 g/mol. The van der Waals surface area contributed by atoms with Crippen molar-refractivity contribution in [2.75, 3.05) is 6.61 Å². The Bertz CT molecular complexity index is 603. The van der Waals surface area contributed by atoms with Crippen LogP contribution in [0.2, 0.25) is 0 Å². The van der Waals surface area contributed by atoms with E-state index < -0.39 is 11.0 Å². The first-order chi connectivity index (χ1) is 9.58. The Morgan fingerprint density at radius 3 is 2.60 bits per heavy atom. The van der Waals surface area contributed by atoms with E-state index in [9.17, 15) is 15.2 Å². The lowest BCUT2D eigenvalue weighted by molar-refractivity contribution is -0.385. The fraction of sp³-hybridized carbons (Fsp3) is 0.143. The van der Waals surface area contributed by atoms with E-state index in [0.29, 0.717) is 10.2 Å². The van der Waals surface area contributed by atoms with Crippen molar-refractivity contribution in [3.63, 3.8) is 0 Å². The van der Waals surface area contributed by atoms with Crippen LogP contribution in [-0.4, -0.2) is 16.6 Å². The summed E-state index contributed by atoms with van der Waals surface area (Å²) in [6.45, 7) is 0.0176. The number of nitrogens with zero attached hydrogens (tertiary/aromatic N) is 1. The molecule has 1 N–H and O–H groups in total. The molecule has 0 aromatic heterocycles. The summed E-state index contributed by atoms with van der Waals surface area (Å²) in [6.07, 6.45) is -0.789. The molecule has 1 atom stereocenters. The van der Waals surface area contributed by atoms with Crippen molar-refractivity contribution in [3.05, 3.63) is 68.7 Å². The molecule has 20 heavy (non-hydrogen) atoms. The molecule has 0 heterocycles. The summed E-state index contributed by atoms with van der Waals surface area (Å²) in [7, 11) is 0. The molecule has 2 aromatic carbocycles. The van der Waals surface area contributed by atoms with Crippen LogP contribution in [0.25, 0.3) is 0 Å². The van der Waals surface area contributed by atoms with Crippen molar-refractivity contribution < 1.29 is 14.8 Å². The van der Waals surface area contributed by atoms with Gasteiger partial charge in [-0.3, -0.25) is 10.1 Å². The molecule has 0 saturated carbocycles. The molecule has 0 amide bonds. The second kappa shape index (κ2) is 6.49. The molecule has 0 radical (unpaired) electrons. The van der Waals surface area contributed by atoms with Crippen LogP contribution >= 0.6 is 15.9 Å². The van der Waals surface area contributed by atoms with Gasteiger partial charge in [0.1, 0.15) is 18.5 Å². The number of rotatable bonds is 5. The van der Waals surface area contributed by atoms with Crippen LogP contribution in [0.5, 0.6) is 5.75 Å². The summed E-state index contributed by atoms with van der Waals surface area (Å²) in [5, 5.41) is 20.7. The standard InChI is InChI=1S/C14H12BrNO4/c15-12-7-6-11(16(18)19)8-14(12)20-9-13(17)10-4-2-1-3-5-10/h1-8,13,17H,9H2. The zero-order valence-corrected chi connectivity index (χ0v) is 12.0. The van der Waals surface area contributed by atoms with E-state index in [1.54, 1.807) is 18.2 Å². The molecule has 0 spiro atoms. The quantitative estimate of drug-likeness (QED) is 0.669. The maximum Gasteiger partial charge on any atom is 0.273 e. The Morgan fingerprint density at radius 1 is 1.25 bits per heavy atom. The third kappa shape index (κ3) is 3.55. The van der Waals surface area contributed by atoms with Gasteiger partial charge in [-0.15, -0.1) is 0 Å². The SMILES string of the molecule is O=[N+]([O-])c1ccc(Br)c(OCC(O)c2ccccc2)c1. The highest BCUT2D eigenvalue weighted by atomic mass is 79.9. The molecule has 2 rings (SSSR count).